The average molecular weight is 450 g/mol. The van der Waals surface area contributed by atoms with Gasteiger partial charge in [-0.3, -0.25) is 14.2 Å². The molecule has 1 aliphatic rings. The van der Waals surface area contributed by atoms with Gasteiger partial charge in [-0.15, -0.1) is 0 Å². The lowest BCUT2D eigenvalue weighted by Gasteiger charge is -2.39. The van der Waals surface area contributed by atoms with Gasteiger partial charge in [-0.05, 0) is 18.1 Å². The Morgan fingerprint density at radius 3 is 2.58 bits per heavy atom. The number of nitrogens with zero attached hydrogens (tertiary/aromatic N) is 4. The highest BCUT2D eigenvalue weighted by molar-refractivity contribution is 6.74. The zero-order valence-electron chi connectivity index (χ0n) is 19.1. The summed E-state index contributed by atoms with van der Waals surface area (Å²) in [6.45, 7) is 13.8. The number of carbonyl (C=O) groups excluding carboxylic acids is 2. The summed E-state index contributed by atoms with van der Waals surface area (Å²) in [7, 11) is -2.08. The summed E-state index contributed by atoms with van der Waals surface area (Å²) in [5.74, 6) is -0.255. The van der Waals surface area contributed by atoms with E-state index in [0.717, 1.165) is 0 Å². The number of hydrogen-bond donors (Lipinski definition) is 1. The van der Waals surface area contributed by atoms with Gasteiger partial charge in [0.2, 0.25) is 5.91 Å². The lowest BCUT2D eigenvalue weighted by molar-refractivity contribution is -0.147. The third-order valence-electron chi connectivity index (χ3n) is 5.85. The van der Waals surface area contributed by atoms with Gasteiger partial charge < -0.3 is 19.2 Å². The van der Waals surface area contributed by atoms with Crippen LogP contribution in [0.4, 0.5) is 5.82 Å². The molecule has 0 saturated carbocycles. The first-order valence-electron chi connectivity index (χ1n) is 10.3. The summed E-state index contributed by atoms with van der Waals surface area (Å²) in [4.78, 5) is 35.7. The molecule has 1 aliphatic heterocycles. The van der Waals surface area contributed by atoms with E-state index in [1.54, 1.807) is 10.9 Å². The predicted octanol–water partition coefficient (Wildman–Crippen LogP) is 3.03. The molecule has 170 valence electrons. The molecule has 10 nitrogen and oxygen atoms in total. The molecule has 31 heavy (non-hydrogen) atoms. The average Bonchev–Trinajstić information content (AvgIpc) is 3.22. The molecule has 3 heterocycles. The number of ether oxygens (including phenoxy) is 2. The van der Waals surface area contributed by atoms with Gasteiger partial charge in [-0.25, -0.2) is 15.0 Å². The van der Waals surface area contributed by atoms with Gasteiger partial charge in [0, 0.05) is 20.3 Å². The van der Waals surface area contributed by atoms with E-state index in [4.69, 9.17) is 13.9 Å². The van der Waals surface area contributed by atoms with Crippen molar-refractivity contribution in [3.63, 3.8) is 0 Å². The minimum Gasteiger partial charge on any atom is -0.463 e. The van der Waals surface area contributed by atoms with Crippen LogP contribution in [0.25, 0.3) is 11.2 Å². The van der Waals surface area contributed by atoms with Crippen LogP contribution in [0.15, 0.2) is 12.7 Å². The Balaban J connectivity index is 1.88. The highest BCUT2D eigenvalue weighted by atomic mass is 28.4. The minimum absolute atomic E-state index is 0.0270. The zero-order chi connectivity index (χ0) is 23.0. The maximum Gasteiger partial charge on any atom is 0.302 e. The number of rotatable bonds is 6. The van der Waals surface area contributed by atoms with Crippen LogP contribution in [0.2, 0.25) is 18.1 Å². The molecule has 11 heteroatoms. The standard InChI is InChI=1S/C20H31N5O5Si/c1-12(26)24-18-17-19(22-10-21-18)25(11-23-17)16-8-14(15(29-16)9-28-13(2)27)30-31(6,7)20(3,4)5/h10-11,14-16H,8-9H2,1-7H3,(H,21,22,24,26)/t14?,15-,16-/m0/s1. The summed E-state index contributed by atoms with van der Waals surface area (Å²) < 4.78 is 19.9. The Morgan fingerprint density at radius 2 is 1.97 bits per heavy atom. The molecular weight excluding hydrogens is 418 g/mol. The van der Waals surface area contributed by atoms with Crippen LogP contribution in [0.5, 0.6) is 0 Å². The van der Waals surface area contributed by atoms with Crippen LogP contribution in [0.1, 0.15) is 47.3 Å². The summed E-state index contributed by atoms with van der Waals surface area (Å²) in [5, 5.41) is 2.69. The highest BCUT2D eigenvalue weighted by Crippen LogP contribution is 2.41. The van der Waals surface area contributed by atoms with E-state index in [-0.39, 0.29) is 29.6 Å². The molecule has 2 aromatic heterocycles. The minimum atomic E-state index is -2.08. The fourth-order valence-corrected chi connectivity index (χ4v) is 4.58. The second-order valence-corrected chi connectivity index (χ2v) is 14.1. The van der Waals surface area contributed by atoms with E-state index in [2.05, 4.69) is 54.1 Å². The number of nitrogens with one attached hydrogen (secondary N) is 1. The van der Waals surface area contributed by atoms with Gasteiger partial charge in [0.15, 0.2) is 25.3 Å². The van der Waals surface area contributed by atoms with E-state index in [1.807, 2.05) is 0 Å². The third-order valence-corrected chi connectivity index (χ3v) is 10.4. The number of aromatic nitrogens is 4. The summed E-state index contributed by atoms with van der Waals surface area (Å²) >= 11 is 0. The van der Waals surface area contributed by atoms with E-state index in [0.29, 0.717) is 23.4 Å². The first-order chi connectivity index (χ1) is 14.4. The van der Waals surface area contributed by atoms with Gasteiger partial charge in [-0.1, -0.05) is 20.8 Å². The van der Waals surface area contributed by atoms with Crippen molar-refractivity contribution in [2.24, 2.45) is 0 Å². The third kappa shape index (κ3) is 5.10. The molecule has 0 radical (unpaired) electrons. The number of fused-ring (bicyclic) bond motifs is 1. The van der Waals surface area contributed by atoms with E-state index < -0.39 is 20.6 Å². The van der Waals surface area contributed by atoms with Crippen LogP contribution >= 0.6 is 0 Å². The van der Waals surface area contributed by atoms with Crippen LogP contribution in [0, 0.1) is 0 Å². The molecule has 2 aromatic rings. The van der Waals surface area contributed by atoms with Gasteiger partial charge in [-0.2, -0.15) is 0 Å². The predicted molar refractivity (Wildman–Crippen MR) is 117 cm³/mol. The Hall–Kier alpha value is -2.37. The number of hydrogen-bond acceptors (Lipinski definition) is 8. The van der Waals surface area contributed by atoms with Crippen molar-refractivity contribution >= 4 is 37.2 Å². The monoisotopic (exact) mass is 449 g/mol. The largest absolute Gasteiger partial charge is 0.463 e. The maximum absolute atomic E-state index is 11.5. The molecule has 3 atom stereocenters. The topological polar surface area (TPSA) is 117 Å². The van der Waals surface area contributed by atoms with Gasteiger partial charge in [0.25, 0.3) is 0 Å². The van der Waals surface area contributed by atoms with E-state index >= 15 is 0 Å². The molecule has 0 aliphatic carbocycles. The SMILES string of the molecule is CC(=O)Nc1ncnc2c1ncn2[C@@H]1CC(O[Si](C)(C)C(C)(C)C)[C@H](COC(C)=O)O1. The Labute approximate surface area is 182 Å². The molecule has 0 spiro atoms. The second kappa shape index (κ2) is 8.64. The molecular formula is C20H31N5O5Si. The van der Waals surface area contributed by atoms with Crippen molar-refractivity contribution in [3.05, 3.63) is 12.7 Å². The van der Waals surface area contributed by atoms with E-state index in [1.165, 1.54) is 20.2 Å². The van der Waals surface area contributed by atoms with Crippen molar-refractivity contribution in [1.29, 1.82) is 0 Å². The second-order valence-electron chi connectivity index (χ2n) is 9.31. The van der Waals surface area contributed by atoms with Crippen LogP contribution in [-0.4, -0.2) is 58.5 Å². The van der Waals surface area contributed by atoms with Crippen molar-refractivity contribution in [2.75, 3.05) is 11.9 Å². The fraction of sp³-hybridized carbons (Fsp3) is 0.650. The van der Waals surface area contributed by atoms with E-state index in [9.17, 15) is 9.59 Å². The first-order valence-corrected chi connectivity index (χ1v) is 13.2. The zero-order valence-corrected chi connectivity index (χ0v) is 20.1. The van der Waals surface area contributed by atoms with Crippen molar-refractivity contribution < 1.29 is 23.5 Å². The smallest absolute Gasteiger partial charge is 0.302 e. The normalized spacial score (nSPS) is 22.0. The number of amides is 1. The number of imidazole rings is 1. The van der Waals surface area contributed by atoms with Crippen molar-refractivity contribution in [2.45, 2.75) is 77.6 Å². The quantitative estimate of drug-likeness (QED) is 0.528. The molecule has 1 fully saturated rings. The fourth-order valence-electron chi connectivity index (χ4n) is 3.22. The number of anilines is 1. The number of esters is 1. The van der Waals surface area contributed by atoms with Gasteiger partial charge in [0.05, 0.1) is 12.4 Å². The van der Waals surface area contributed by atoms with Crippen LogP contribution < -0.4 is 5.32 Å². The summed E-state index contributed by atoms with van der Waals surface area (Å²) in [6, 6.07) is 0. The van der Waals surface area contributed by atoms with Crippen LogP contribution in [-0.2, 0) is 23.5 Å². The lowest BCUT2D eigenvalue weighted by Crippen LogP contribution is -2.46. The van der Waals surface area contributed by atoms with Gasteiger partial charge in [0.1, 0.15) is 25.3 Å². The maximum atomic E-state index is 11.5. The van der Waals surface area contributed by atoms with Gasteiger partial charge >= 0.3 is 5.97 Å². The number of carbonyl (C=O) groups is 2. The Morgan fingerprint density at radius 1 is 1.26 bits per heavy atom. The molecule has 1 amide bonds. The molecule has 1 saturated heterocycles. The Kier molecular flexibility index (Phi) is 6.49. The first kappa shape index (κ1) is 23.3. The molecule has 1 unspecified atom stereocenters. The molecule has 0 bridgehead atoms. The highest BCUT2D eigenvalue weighted by Gasteiger charge is 2.45. The van der Waals surface area contributed by atoms with Crippen molar-refractivity contribution in [1.82, 2.24) is 19.5 Å². The molecule has 0 aromatic carbocycles. The molecule has 1 N–H and O–H groups in total. The van der Waals surface area contributed by atoms with Crippen LogP contribution in [0.3, 0.4) is 0 Å². The summed E-state index contributed by atoms with van der Waals surface area (Å²) in [6.07, 6.45) is 2.51. The summed E-state index contributed by atoms with van der Waals surface area (Å²) in [5.41, 5.74) is 1.02. The lowest BCUT2D eigenvalue weighted by atomic mass is 10.2. The molecule has 3 rings (SSSR count). The Bertz CT molecular complexity index is 971. The van der Waals surface area contributed by atoms with Crippen molar-refractivity contribution in [3.8, 4) is 0 Å².